The van der Waals surface area contributed by atoms with Gasteiger partial charge in [0.2, 0.25) is 0 Å². The van der Waals surface area contributed by atoms with E-state index in [1.54, 1.807) is 0 Å². The van der Waals surface area contributed by atoms with Crippen molar-refractivity contribution in [1.82, 2.24) is 10.2 Å². The third-order valence-electron chi connectivity index (χ3n) is 3.59. The van der Waals surface area contributed by atoms with Crippen molar-refractivity contribution in [1.29, 1.82) is 0 Å². The van der Waals surface area contributed by atoms with Crippen LogP contribution in [0.2, 0.25) is 0 Å². The first kappa shape index (κ1) is 12.8. The molecule has 0 spiro atoms. The molecule has 2 aliphatic carbocycles. The number of carboxylic acids is 1. The lowest BCUT2D eigenvalue weighted by atomic mass is 10.2. The molecule has 1 atom stereocenters. The van der Waals surface area contributed by atoms with E-state index >= 15 is 0 Å². The fraction of sp³-hybridized carbons (Fsp3) is 0.923. The second kappa shape index (κ2) is 5.83. The van der Waals surface area contributed by atoms with Crippen LogP contribution in [0.5, 0.6) is 0 Å². The predicted octanol–water partition coefficient (Wildman–Crippen LogP) is 1.46. The molecule has 4 heteroatoms. The van der Waals surface area contributed by atoms with Crippen molar-refractivity contribution in [2.24, 2.45) is 0 Å². The van der Waals surface area contributed by atoms with Gasteiger partial charge in [0.1, 0.15) is 6.04 Å². The fourth-order valence-electron chi connectivity index (χ4n) is 2.19. The molecule has 0 heterocycles. The molecule has 2 saturated carbocycles. The molecule has 0 amide bonds. The lowest BCUT2D eigenvalue weighted by Crippen LogP contribution is -2.48. The van der Waals surface area contributed by atoms with Gasteiger partial charge >= 0.3 is 5.97 Å². The zero-order valence-corrected chi connectivity index (χ0v) is 10.7. The monoisotopic (exact) mass is 240 g/mol. The molecule has 2 fully saturated rings. The third-order valence-corrected chi connectivity index (χ3v) is 3.59. The molecule has 2 rings (SSSR count). The van der Waals surface area contributed by atoms with Gasteiger partial charge in [-0.05, 0) is 38.6 Å². The lowest BCUT2D eigenvalue weighted by molar-refractivity contribution is -0.140. The number of rotatable bonds is 9. The Balaban J connectivity index is 1.81. The van der Waals surface area contributed by atoms with Crippen molar-refractivity contribution in [3.05, 3.63) is 0 Å². The first-order chi connectivity index (χ1) is 8.20. The molecule has 98 valence electrons. The van der Waals surface area contributed by atoms with Crippen molar-refractivity contribution in [2.45, 2.75) is 63.6 Å². The Morgan fingerprint density at radius 3 is 2.59 bits per heavy atom. The molecule has 0 aliphatic heterocycles. The van der Waals surface area contributed by atoms with Gasteiger partial charge in [0.15, 0.2) is 0 Å². The minimum Gasteiger partial charge on any atom is -0.480 e. The number of aliphatic carboxylic acids is 1. The summed E-state index contributed by atoms with van der Waals surface area (Å²) in [6, 6.07) is 0.743. The highest BCUT2D eigenvalue weighted by Gasteiger charge is 2.34. The molecule has 0 saturated heterocycles. The van der Waals surface area contributed by atoms with Crippen LogP contribution < -0.4 is 5.32 Å². The molecular weight excluding hydrogens is 216 g/mol. The van der Waals surface area contributed by atoms with E-state index in [9.17, 15) is 9.90 Å². The minimum atomic E-state index is -0.695. The molecule has 1 unspecified atom stereocenters. The highest BCUT2D eigenvalue weighted by atomic mass is 16.4. The molecule has 2 aliphatic rings. The summed E-state index contributed by atoms with van der Waals surface area (Å²) in [5.41, 5.74) is 0. The zero-order valence-electron chi connectivity index (χ0n) is 10.7. The molecule has 4 nitrogen and oxygen atoms in total. The van der Waals surface area contributed by atoms with E-state index in [-0.39, 0.29) is 6.04 Å². The lowest BCUT2D eigenvalue weighted by Gasteiger charge is -2.26. The molecule has 2 N–H and O–H groups in total. The van der Waals surface area contributed by atoms with Crippen molar-refractivity contribution < 1.29 is 9.90 Å². The Kier molecular flexibility index (Phi) is 4.40. The Bertz CT molecular complexity index is 262. The maximum absolute atomic E-state index is 11.2. The summed E-state index contributed by atoms with van der Waals surface area (Å²) in [7, 11) is 0. The summed E-state index contributed by atoms with van der Waals surface area (Å²) in [6.07, 6.45) is 7.13. The van der Waals surface area contributed by atoms with Gasteiger partial charge in [-0.15, -0.1) is 0 Å². The van der Waals surface area contributed by atoms with Crippen molar-refractivity contribution >= 4 is 5.97 Å². The topological polar surface area (TPSA) is 52.6 Å². The molecule has 0 aromatic carbocycles. The summed E-state index contributed by atoms with van der Waals surface area (Å²) < 4.78 is 0. The van der Waals surface area contributed by atoms with Crippen LogP contribution >= 0.6 is 0 Å². The first-order valence-corrected chi connectivity index (χ1v) is 6.93. The average molecular weight is 240 g/mol. The van der Waals surface area contributed by atoms with Crippen molar-refractivity contribution in [3.8, 4) is 0 Å². The number of nitrogens with zero attached hydrogens (tertiary/aromatic N) is 1. The second-order valence-corrected chi connectivity index (χ2v) is 5.41. The normalized spacial score (nSPS) is 21.8. The summed E-state index contributed by atoms with van der Waals surface area (Å²) in [5, 5.41) is 12.5. The number of hydrogen-bond acceptors (Lipinski definition) is 3. The fourth-order valence-corrected chi connectivity index (χ4v) is 2.19. The van der Waals surface area contributed by atoms with Crippen LogP contribution in [-0.4, -0.2) is 47.2 Å². The van der Waals surface area contributed by atoms with Crippen LogP contribution in [0.1, 0.15) is 45.4 Å². The number of carbonyl (C=O) groups is 1. The number of nitrogens with one attached hydrogen (secondary N) is 1. The number of carboxylic acid groups (broad SMARTS) is 1. The van der Waals surface area contributed by atoms with Crippen molar-refractivity contribution in [3.63, 3.8) is 0 Å². The third kappa shape index (κ3) is 4.28. The predicted molar refractivity (Wildman–Crippen MR) is 67.1 cm³/mol. The van der Waals surface area contributed by atoms with Crippen LogP contribution in [0.25, 0.3) is 0 Å². The smallest absolute Gasteiger partial charge is 0.322 e. The Hall–Kier alpha value is -0.610. The number of hydrogen-bond donors (Lipinski definition) is 2. The van der Waals surface area contributed by atoms with Crippen LogP contribution in [0.15, 0.2) is 0 Å². The molecular formula is C13H24N2O2. The van der Waals surface area contributed by atoms with Crippen LogP contribution in [0.3, 0.4) is 0 Å². The van der Waals surface area contributed by atoms with Crippen LogP contribution in [0.4, 0.5) is 0 Å². The van der Waals surface area contributed by atoms with Gasteiger partial charge < -0.3 is 10.4 Å². The SMILES string of the molecule is CCCCN(CC(NC1CC1)C(=O)O)C1CC1. The second-order valence-electron chi connectivity index (χ2n) is 5.41. The van der Waals surface area contributed by atoms with Gasteiger partial charge in [-0.1, -0.05) is 13.3 Å². The molecule has 17 heavy (non-hydrogen) atoms. The maximum atomic E-state index is 11.2. The van der Waals surface area contributed by atoms with E-state index in [0.717, 1.165) is 19.4 Å². The van der Waals surface area contributed by atoms with Crippen LogP contribution in [0, 0.1) is 0 Å². The molecule has 0 aromatic rings. The first-order valence-electron chi connectivity index (χ1n) is 6.93. The zero-order chi connectivity index (χ0) is 12.3. The Morgan fingerprint density at radius 1 is 1.41 bits per heavy atom. The Morgan fingerprint density at radius 2 is 2.12 bits per heavy atom. The van der Waals surface area contributed by atoms with E-state index in [1.165, 1.54) is 25.7 Å². The van der Waals surface area contributed by atoms with E-state index in [4.69, 9.17) is 0 Å². The standard InChI is InChI=1S/C13H24N2O2/c1-2-3-8-15(11-6-7-11)9-12(13(16)17)14-10-4-5-10/h10-12,14H,2-9H2,1H3,(H,16,17). The van der Waals surface area contributed by atoms with Gasteiger partial charge in [-0.25, -0.2) is 0 Å². The maximum Gasteiger partial charge on any atom is 0.322 e. The average Bonchev–Trinajstić information content (AvgIpc) is 3.15. The highest BCUT2D eigenvalue weighted by molar-refractivity contribution is 5.73. The molecule has 0 bridgehead atoms. The van der Waals surface area contributed by atoms with Crippen LogP contribution in [-0.2, 0) is 4.79 Å². The highest BCUT2D eigenvalue weighted by Crippen LogP contribution is 2.27. The molecule has 0 radical (unpaired) electrons. The van der Waals surface area contributed by atoms with Gasteiger partial charge in [0.25, 0.3) is 0 Å². The van der Waals surface area contributed by atoms with Gasteiger partial charge in [-0.2, -0.15) is 0 Å². The van der Waals surface area contributed by atoms with E-state index in [0.29, 0.717) is 18.6 Å². The summed E-state index contributed by atoms with van der Waals surface area (Å²) in [5.74, 6) is -0.695. The van der Waals surface area contributed by atoms with Gasteiger partial charge in [0.05, 0.1) is 0 Å². The van der Waals surface area contributed by atoms with E-state index in [2.05, 4.69) is 17.1 Å². The van der Waals surface area contributed by atoms with E-state index in [1.807, 2.05) is 0 Å². The summed E-state index contributed by atoms with van der Waals surface area (Å²) >= 11 is 0. The Labute approximate surface area is 103 Å². The quantitative estimate of drug-likeness (QED) is 0.640. The number of unbranched alkanes of at least 4 members (excludes halogenated alkanes) is 1. The summed E-state index contributed by atoms with van der Waals surface area (Å²) in [4.78, 5) is 13.6. The van der Waals surface area contributed by atoms with Gasteiger partial charge in [0, 0.05) is 18.6 Å². The summed E-state index contributed by atoms with van der Waals surface area (Å²) in [6.45, 7) is 3.91. The van der Waals surface area contributed by atoms with Gasteiger partial charge in [-0.3, -0.25) is 9.69 Å². The minimum absolute atomic E-state index is 0.375. The molecule has 0 aromatic heterocycles. The largest absolute Gasteiger partial charge is 0.480 e. The van der Waals surface area contributed by atoms with Crippen molar-refractivity contribution in [2.75, 3.05) is 13.1 Å². The van der Waals surface area contributed by atoms with E-state index < -0.39 is 5.97 Å².